The summed E-state index contributed by atoms with van der Waals surface area (Å²) in [6.07, 6.45) is 45.6. The fourth-order valence-corrected chi connectivity index (χ4v) is 6.72. The minimum Gasteiger partial charge on any atom is -0.481 e. The van der Waals surface area contributed by atoms with Crippen LogP contribution in [0.2, 0.25) is 0 Å². The van der Waals surface area contributed by atoms with Crippen molar-refractivity contribution in [2.24, 2.45) is 0 Å². The largest absolute Gasteiger partial charge is 0.481 e. The Labute approximate surface area is 288 Å². The van der Waals surface area contributed by atoms with E-state index in [2.05, 4.69) is 13.8 Å². The highest BCUT2D eigenvalue weighted by molar-refractivity contribution is 5.69. The first-order valence-corrected chi connectivity index (χ1v) is 21.0. The van der Waals surface area contributed by atoms with Crippen LogP contribution in [-0.4, -0.2) is 23.1 Å². The van der Waals surface area contributed by atoms with E-state index in [1.807, 2.05) is 0 Å². The molecular weight excluding hydrogens is 568 g/mol. The Kier molecular flexibility index (Phi) is 37.5. The summed E-state index contributed by atoms with van der Waals surface area (Å²) in [5, 5.41) is 8.74. The van der Waals surface area contributed by atoms with Crippen molar-refractivity contribution < 1.29 is 19.4 Å². The van der Waals surface area contributed by atoms with Gasteiger partial charge in [-0.05, 0) is 38.5 Å². The van der Waals surface area contributed by atoms with Crippen molar-refractivity contribution >= 4 is 11.9 Å². The first-order chi connectivity index (χ1) is 22.6. The smallest absolute Gasteiger partial charge is 0.306 e. The number of hydrogen-bond acceptors (Lipinski definition) is 3. The molecule has 0 saturated heterocycles. The van der Waals surface area contributed by atoms with E-state index < -0.39 is 5.97 Å². The molecule has 4 nitrogen and oxygen atoms in total. The van der Waals surface area contributed by atoms with Gasteiger partial charge in [-0.1, -0.05) is 200 Å². The molecule has 0 rings (SSSR count). The summed E-state index contributed by atoms with van der Waals surface area (Å²) in [4.78, 5) is 23.3. The summed E-state index contributed by atoms with van der Waals surface area (Å²) in [6, 6.07) is 0. The van der Waals surface area contributed by atoms with Gasteiger partial charge >= 0.3 is 11.9 Å². The molecule has 4 heteroatoms. The number of aliphatic carboxylic acids is 1. The Hall–Kier alpha value is -1.06. The van der Waals surface area contributed by atoms with E-state index in [0.29, 0.717) is 12.8 Å². The molecule has 0 radical (unpaired) electrons. The second-order valence-corrected chi connectivity index (χ2v) is 14.5. The summed E-state index contributed by atoms with van der Waals surface area (Å²) < 4.78 is 6.06. The molecule has 0 fully saturated rings. The van der Waals surface area contributed by atoms with Crippen LogP contribution in [0, 0.1) is 0 Å². The van der Waals surface area contributed by atoms with Crippen molar-refractivity contribution in [3.05, 3.63) is 0 Å². The summed E-state index contributed by atoms with van der Waals surface area (Å²) in [5.74, 6) is -0.634. The quantitative estimate of drug-likeness (QED) is 0.0531. The monoisotopic (exact) mass is 651 g/mol. The zero-order chi connectivity index (χ0) is 33.6. The van der Waals surface area contributed by atoms with E-state index in [1.165, 1.54) is 173 Å². The molecule has 0 saturated carbocycles. The zero-order valence-electron chi connectivity index (χ0n) is 31.4. The fourth-order valence-electron chi connectivity index (χ4n) is 6.72. The van der Waals surface area contributed by atoms with Gasteiger partial charge in [-0.15, -0.1) is 0 Å². The molecule has 0 spiro atoms. The lowest BCUT2D eigenvalue weighted by Crippen LogP contribution is -2.18. The second-order valence-electron chi connectivity index (χ2n) is 14.5. The third-order valence-electron chi connectivity index (χ3n) is 9.83. The second kappa shape index (κ2) is 38.4. The molecule has 0 aromatic rings. The minimum atomic E-state index is -0.674. The summed E-state index contributed by atoms with van der Waals surface area (Å²) in [7, 11) is 0. The maximum absolute atomic E-state index is 12.7. The molecule has 0 aliphatic carbocycles. The summed E-state index contributed by atoms with van der Waals surface area (Å²) in [6.45, 7) is 4.56. The predicted octanol–water partition coefficient (Wildman–Crippen LogP) is 14.5. The predicted molar refractivity (Wildman–Crippen MR) is 200 cm³/mol. The van der Waals surface area contributed by atoms with Gasteiger partial charge in [-0.2, -0.15) is 0 Å². The van der Waals surface area contributed by atoms with Gasteiger partial charge in [0, 0.05) is 12.8 Å². The average Bonchev–Trinajstić information content (AvgIpc) is 3.04. The molecule has 1 N–H and O–H groups in total. The van der Waals surface area contributed by atoms with Crippen molar-refractivity contribution in [2.75, 3.05) is 0 Å². The topological polar surface area (TPSA) is 63.6 Å². The van der Waals surface area contributed by atoms with Crippen molar-refractivity contribution in [3.63, 3.8) is 0 Å². The SMILES string of the molecule is CCCCCCCCCCCCCCCCCC(=O)OC(CCCCCCCCCCC)CCCCCCCCCCCC(=O)O. The Morgan fingerprint density at radius 3 is 0.957 bits per heavy atom. The molecule has 0 aliphatic heterocycles. The van der Waals surface area contributed by atoms with E-state index in [-0.39, 0.29) is 12.1 Å². The molecule has 0 aromatic carbocycles. The van der Waals surface area contributed by atoms with Gasteiger partial charge in [0.2, 0.25) is 0 Å². The van der Waals surface area contributed by atoms with Crippen LogP contribution in [0.25, 0.3) is 0 Å². The van der Waals surface area contributed by atoms with Gasteiger partial charge in [0.25, 0.3) is 0 Å². The number of hydrogen-bond donors (Lipinski definition) is 1. The molecule has 0 heterocycles. The number of unbranched alkanes of at least 4 members (excludes halogenated alkanes) is 30. The number of rotatable bonds is 39. The molecule has 0 amide bonds. The van der Waals surface area contributed by atoms with Gasteiger partial charge in [0.05, 0.1) is 0 Å². The van der Waals surface area contributed by atoms with E-state index in [9.17, 15) is 9.59 Å². The van der Waals surface area contributed by atoms with Crippen molar-refractivity contribution in [2.45, 2.75) is 258 Å². The lowest BCUT2D eigenvalue weighted by molar-refractivity contribution is -0.150. The third kappa shape index (κ3) is 37.4. The van der Waals surface area contributed by atoms with Gasteiger partial charge < -0.3 is 9.84 Å². The molecular formula is C42H82O4. The lowest BCUT2D eigenvalue weighted by Gasteiger charge is -2.18. The van der Waals surface area contributed by atoms with Gasteiger partial charge in [-0.25, -0.2) is 0 Å². The van der Waals surface area contributed by atoms with Crippen molar-refractivity contribution in [1.29, 1.82) is 0 Å². The first-order valence-electron chi connectivity index (χ1n) is 21.0. The standard InChI is InChI=1S/C42H82O4/c1-3-5-7-9-11-13-14-15-16-17-18-23-27-31-35-39-42(45)46-40(36-32-28-24-20-12-10-8-6-4-2)37-33-29-25-21-19-22-26-30-34-38-41(43)44/h40H,3-39H2,1-2H3,(H,43,44). The Balaban J connectivity index is 3.99. The summed E-state index contributed by atoms with van der Waals surface area (Å²) in [5.41, 5.74) is 0. The molecule has 0 aliphatic rings. The third-order valence-corrected chi connectivity index (χ3v) is 9.83. The van der Waals surface area contributed by atoms with Crippen LogP contribution >= 0.6 is 0 Å². The van der Waals surface area contributed by atoms with Crippen molar-refractivity contribution in [1.82, 2.24) is 0 Å². The number of carboxylic acid groups (broad SMARTS) is 1. The zero-order valence-corrected chi connectivity index (χ0v) is 31.4. The Morgan fingerprint density at radius 1 is 0.391 bits per heavy atom. The maximum atomic E-state index is 12.7. The highest BCUT2D eigenvalue weighted by Crippen LogP contribution is 2.19. The van der Waals surface area contributed by atoms with Crippen molar-refractivity contribution in [3.8, 4) is 0 Å². The van der Waals surface area contributed by atoms with Gasteiger partial charge in [-0.3, -0.25) is 9.59 Å². The van der Waals surface area contributed by atoms with Crippen LogP contribution in [0.15, 0.2) is 0 Å². The molecule has 1 atom stereocenters. The van der Waals surface area contributed by atoms with E-state index in [1.54, 1.807) is 0 Å². The molecule has 46 heavy (non-hydrogen) atoms. The van der Waals surface area contributed by atoms with Crippen LogP contribution < -0.4 is 0 Å². The average molecular weight is 651 g/mol. The van der Waals surface area contributed by atoms with Crippen LogP contribution in [-0.2, 0) is 14.3 Å². The molecule has 1 unspecified atom stereocenters. The minimum absolute atomic E-state index is 0.0403. The highest BCUT2D eigenvalue weighted by atomic mass is 16.5. The number of carbonyl (C=O) groups excluding carboxylic acids is 1. The summed E-state index contributed by atoms with van der Waals surface area (Å²) >= 11 is 0. The molecule has 274 valence electrons. The van der Waals surface area contributed by atoms with Gasteiger partial charge in [0.15, 0.2) is 0 Å². The van der Waals surface area contributed by atoms with Crippen LogP contribution in [0.4, 0.5) is 0 Å². The van der Waals surface area contributed by atoms with Crippen LogP contribution in [0.5, 0.6) is 0 Å². The van der Waals surface area contributed by atoms with E-state index >= 15 is 0 Å². The normalized spacial score (nSPS) is 12.0. The fraction of sp³-hybridized carbons (Fsp3) is 0.952. The maximum Gasteiger partial charge on any atom is 0.306 e. The number of carbonyl (C=O) groups is 2. The number of ether oxygens (including phenoxy) is 1. The number of esters is 1. The van der Waals surface area contributed by atoms with E-state index in [4.69, 9.17) is 9.84 Å². The van der Waals surface area contributed by atoms with Gasteiger partial charge in [0.1, 0.15) is 6.10 Å². The lowest BCUT2D eigenvalue weighted by atomic mass is 10.0. The molecule has 0 bridgehead atoms. The molecule has 0 aromatic heterocycles. The first kappa shape index (κ1) is 44.9. The Morgan fingerprint density at radius 2 is 0.652 bits per heavy atom. The van der Waals surface area contributed by atoms with E-state index in [0.717, 1.165) is 51.4 Å². The Bertz CT molecular complexity index is 619. The van der Waals surface area contributed by atoms with Crippen LogP contribution in [0.3, 0.4) is 0 Å². The number of carboxylic acids is 1. The highest BCUT2D eigenvalue weighted by Gasteiger charge is 2.14. The van der Waals surface area contributed by atoms with Crippen LogP contribution in [0.1, 0.15) is 251 Å².